The van der Waals surface area contributed by atoms with Gasteiger partial charge in [-0.2, -0.15) is 5.10 Å². The maximum absolute atomic E-state index is 13.0. The number of hydrogen-bond acceptors (Lipinski definition) is 3. The van der Waals surface area contributed by atoms with E-state index in [1.807, 2.05) is 11.1 Å². The molecule has 0 saturated carbocycles. The normalized spacial score (nSPS) is 15.5. The van der Waals surface area contributed by atoms with Gasteiger partial charge in [0.1, 0.15) is 5.82 Å². The molecule has 1 aromatic carbocycles. The monoisotopic (exact) mass is 300 g/mol. The van der Waals surface area contributed by atoms with E-state index < -0.39 is 0 Å². The first-order chi connectivity index (χ1) is 10.6. The lowest BCUT2D eigenvalue weighted by Gasteiger charge is -2.26. The Hall–Kier alpha value is -2.47. The van der Waals surface area contributed by atoms with Crippen LogP contribution < -0.4 is 5.43 Å². The van der Waals surface area contributed by atoms with Crippen LogP contribution in [-0.2, 0) is 4.79 Å². The molecule has 2 aromatic rings. The van der Waals surface area contributed by atoms with E-state index in [1.165, 1.54) is 19.1 Å². The van der Waals surface area contributed by atoms with Gasteiger partial charge in [-0.05, 0) is 42.3 Å². The minimum Gasteiger partial charge on any atom is -0.289 e. The van der Waals surface area contributed by atoms with Crippen molar-refractivity contribution in [3.8, 4) is 11.3 Å². The van der Waals surface area contributed by atoms with E-state index in [-0.39, 0.29) is 11.7 Å². The lowest BCUT2D eigenvalue weighted by atomic mass is 10.1. The van der Waals surface area contributed by atoms with Gasteiger partial charge in [0.15, 0.2) is 0 Å². The van der Waals surface area contributed by atoms with Crippen molar-refractivity contribution in [1.29, 1.82) is 0 Å². The molecule has 1 amide bonds. The van der Waals surface area contributed by atoms with Crippen LogP contribution in [0.4, 0.5) is 4.39 Å². The molecule has 1 aliphatic rings. The van der Waals surface area contributed by atoms with Crippen LogP contribution in [0.15, 0.2) is 36.4 Å². The van der Waals surface area contributed by atoms with Crippen LogP contribution in [0.5, 0.6) is 0 Å². The molecular formula is C16H17FN4O. The summed E-state index contributed by atoms with van der Waals surface area (Å²) in [6.45, 7) is 2.92. The van der Waals surface area contributed by atoms with Crippen molar-refractivity contribution >= 4 is 11.5 Å². The Morgan fingerprint density at radius 3 is 2.86 bits per heavy atom. The summed E-state index contributed by atoms with van der Waals surface area (Å²) in [6.07, 6.45) is 3.00. The lowest BCUT2D eigenvalue weighted by molar-refractivity contribution is -0.123. The number of amides is 1. The summed E-state index contributed by atoms with van der Waals surface area (Å²) < 4.78 is 13.0. The first-order valence-electron chi connectivity index (χ1n) is 7.15. The zero-order chi connectivity index (χ0) is 15.5. The number of rotatable bonds is 3. The molecule has 5 nitrogen and oxygen atoms in total. The summed E-state index contributed by atoms with van der Waals surface area (Å²) in [5, 5.41) is 9.18. The van der Waals surface area contributed by atoms with E-state index in [4.69, 9.17) is 0 Å². The van der Waals surface area contributed by atoms with Gasteiger partial charge in [-0.3, -0.25) is 15.3 Å². The number of carbonyl (C=O) groups excluding carboxylic acids is 1. The number of benzene rings is 1. The average molecular weight is 300 g/mol. The molecule has 22 heavy (non-hydrogen) atoms. The van der Waals surface area contributed by atoms with Crippen LogP contribution >= 0.6 is 0 Å². The first-order valence-corrected chi connectivity index (χ1v) is 7.15. The van der Waals surface area contributed by atoms with Crippen molar-refractivity contribution in [2.24, 2.45) is 0 Å². The number of nitrogens with zero attached hydrogens (tertiary/aromatic N) is 2. The highest BCUT2D eigenvalue weighted by atomic mass is 19.1. The fourth-order valence-electron chi connectivity index (χ4n) is 2.51. The van der Waals surface area contributed by atoms with Gasteiger partial charge in [-0.15, -0.1) is 0 Å². The summed E-state index contributed by atoms with van der Waals surface area (Å²) in [6, 6.07) is 8.18. The molecule has 0 atom stereocenters. The molecule has 0 aliphatic carbocycles. The molecule has 0 fully saturated rings. The highest BCUT2D eigenvalue weighted by molar-refractivity contribution is 5.73. The van der Waals surface area contributed by atoms with E-state index in [9.17, 15) is 9.18 Å². The smallest absolute Gasteiger partial charge is 0.231 e. The van der Waals surface area contributed by atoms with Crippen LogP contribution in [0.2, 0.25) is 0 Å². The summed E-state index contributed by atoms with van der Waals surface area (Å²) in [7, 11) is 0. The predicted octanol–water partition coefficient (Wildman–Crippen LogP) is 2.36. The zero-order valence-electron chi connectivity index (χ0n) is 12.3. The van der Waals surface area contributed by atoms with E-state index in [0.717, 1.165) is 35.5 Å². The summed E-state index contributed by atoms with van der Waals surface area (Å²) in [4.78, 5) is 11.1. The Labute approximate surface area is 127 Å². The molecule has 1 aromatic heterocycles. The number of H-pyrrole nitrogens is 1. The van der Waals surface area contributed by atoms with Crippen LogP contribution in [0.25, 0.3) is 16.8 Å². The molecule has 1 aliphatic heterocycles. The van der Waals surface area contributed by atoms with Gasteiger partial charge < -0.3 is 0 Å². The van der Waals surface area contributed by atoms with Crippen LogP contribution in [0.1, 0.15) is 19.0 Å². The molecule has 2 N–H and O–H groups in total. The minimum atomic E-state index is -0.263. The molecule has 2 heterocycles. The second-order valence-corrected chi connectivity index (χ2v) is 5.28. The highest BCUT2D eigenvalue weighted by Crippen LogP contribution is 2.23. The standard InChI is InChI=1S/C16H17FN4O/c1-11(22)20-21-8-2-3-13(10-21)16-9-15(18-19-16)12-4-6-14(17)7-5-12/h3-7,9H,2,8,10H2,1H3,(H,18,19)(H,20,22). The SMILES string of the molecule is CC(=O)NN1CCC=C(c2cc(-c3ccc(F)cc3)n[nH]2)C1. The zero-order valence-corrected chi connectivity index (χ0v) is 12.3. The van der Waals surface area contributed by atoms with Crippen molar-refractivity contribution in [3.05, 3.63) is 47.9 Å². The third-order valence-electron chi connectivity index (χ3n) is 3.53. The third-order valence-corrected chi connectivity index (χ3v) is 3.53. The Bertz CT molecular complexity index is 705. The van der Waals surface area contributed by atoms with Crippen molar-refractivity contribution in [3.63, 3.8) is 0 Å². The van der Waals surface area contributed by atoms with Crippen LogP contribution in [-0.4, -0.2) is 34.2 Å². The highest BCUT2D eigenvalue weighted by Gasteiger charge is 2.16. The third kappa shape index (κ3) is 3.23. The number of nitrogens with one attached hydrogen (secondary N) is 2. The number of aromatic amines is 1. The van der Waals surface area contributed by atoms with Crippen LogP contribution in [0, 0.1) is 5.82 Å². The van der Waals surface area contributed by atoms with Gasteiger partial charge in [-0.25, -0.2) is 9.40 Å². The van der Waals surface area contributed by atoms with E-state index in [1.54, 1.807) is 12.1 Å². The van der Waals surface area contributed by atoms with E-state index >= 15 is 0 Å². The second-order valence-electron chi connectivity index (χ2n) is 5.28. The van der Waals surface area contributed by atoms with Gasteiger partial charge in [0, 0.05) is 25.6 Å². The molecule has 0 bridgehead atoms. The average Bonchev–Trinajstić information content (AvgIpc) is 2.97. The molecule has 3 rings (SSSR count). The Morgan fingerprint density at radius 1 is 1.36 bits per heavy atom. The molecule has 0 radical (unpaired) electrons. The van der Waals surface area contributed by atoms with E-state index in [0.29, 0.717) is 6.54 Å². The summed E-state index contributed by atoms with van der Waals surface area (Å²) >= 11 is 0. The quantitative estimate of drug-likeness (QED) is 0.914. The summed E-state index contributed by atoms with van der Waals surface area (Å²) in [5.74, 6) is -0.335. The number of hydrogen-bond donors (Lipinski definition) is 2. The molecule has 0 saturated heterocycles. The lowest BCUT2D eigenvalue weighted by Crippen LogP contribution is -2.43. The fraction of sp³-hybridized carbons (Fsp3) is 0.250. The van der Waals surface area contributed by atoms with Gasteiger partial charge in [0.25, 0.3) is 0 Å². The molecule has 114 valence electrons. The molecular weight excluding hydrogens is 283 g/mol. The second kappa shape index (κ2) is 6.11. The Balaban J connectivity index is 1.77. The molecule has 6 heteroatoms. The Kier molecular flexibility index (Phi) is 4.02. The van der Waals surface area contributed by atoms with Crippen molar-refractivity contribution in [1.82, 2.24) is 20.6 Å². The molecule has 0 spiro atoms. The fourth-order valence-corrected chi connectivity index (χ4v) is 2.51. The minimum absolute atomic E-state index is 0.0714. The van der Waals surface area contributed by atoms with E-state index in [2.05, 4.69) is 21.7 Å². The number of halogens is 1. The predicted molar refractivity (Wildman–Crippen MR) is 82.0 cm³/mol. The largest absolute Gasteiger partial charge is 0.289 e. The van der Waals surface area contributed by atoms with Crippen molar-refractivity contribution < 1.29 is 9.18 Å². The maximum Gasteiger partial charge on any atom is 0.231 e. The number of aromatic nitrogens is 2. The molecule has 0 unspecified atom stereocenters. The first kappa shape index (κ1) is 14.5. The Morgan fingerprint density at radius 2 is 2.14 bits per heavy atom. The summed E-state index contributed by atoms with van der Waals surface area (Å²) in [5.41, 5.74) is 6.43. The van der Waals surface area contributed by atoms with Gasteiger partial charge in [0.2, 0.25) is 5.91 Å². The van der Waals surface area contributed by atoms with Crippen molar-refractivity contribution in [2.75, 3.05) is 13.1 Å². The van der Waals surface area contributed by atoms with Gasteiger partial charge in [0.05, 0.1) is 11.4 Å². The van der Waals surface area contributed by atoms with Crippen LogP contribution in [0.3, 0.4) is 0 Å². The van der Waals surface area contributed by atoms with Gasteiger partial charge in [-0.1, -0.05) is 6.08 Å². The maximum atomic E-state index is 13.0. The van der Waals surface area contributed by atoms with Crippen molar-refractivity contribution in [2.45, 2.75) is 13.3 Å². The van der Waals surface area contributed by atoms with Gasteiger partial charge >= 0.3 is 0 Å². The number of carbonyl (C=O) groups is 1. The number of hydrazine groups is 1. The topological polar surface area (TPSA) is 61.0 Å².